The van der Waals surface area contributed by atoms with Gasteiger partial charge in [-0.15, -0.1) is 11.8 Å². The molecular formula is C22H30N2O7S. The van der Waals surface area contributed by atoms with E-state index >= 15 is 0 Å². The van der Waals surface area contributed by atoms with Crippen LogP contribution in [0, 0.1) is 0 Å². The van der Waals surface area contributed by atoms with Crippen LogP contribution in [0.5, 0.6) is 0 Å². The molecule has 1 heterocycles. The van der Waals surface area contributed by atoms with E-state index in [1.54, 1.807) is 11.8 Å². The van der Waals surface area contributed by atoms with Crippen molar-refractivity contribution in [3.63, 3.8) is 0 Å². The standard InChI is InChI=1S/C22H30N2O7S/c1-5-19(25)28-14-15-29-20(26)16-30-31-23-21(17-6-8-18(32-4)9-7-17)22(2,3)24-10-12-27-13-11-24/h5-9H,1,10-16H2,2-4H3. The summed E-state index contributed by atoms with van der Waals surface area (Å²) in [6.07, 6.45) is 3.04. The van der Waals surface area contributed by atoms with Crippen molar-refractivity contribution in [1.29, 1.82) is 0 Å². The highest BCUT2D eigenvalue weighted by molar-refractivity contribution is 7.98. The van der Waals surface area contributed by atoms with Crippen LogP contribution in [0.25, 0.3) is 0 Å². The zero-order chi connectivity index (χ0) is 23.4. The molecule has 0 aromatic heterocycles. The van der Waals surface area contributed by atoms with Gasteiger partial charge in [0.05, 0.1) is 18.8 Å². The molecule has 0 bridgehead atoms. The van der Waals surface area contributed by atoms with Crippen LogP contribution in [0.15, 0.2) is 47.0 Å². The van der Waals surface area contributed by atoms with Crippen LogP contribution in [0.4, 0.5) is 0 Å². The normalized spacial score (nSPS) is 15.2. The maximum atomic E-state index is 11.7. The van der Waals surface area contributed by atoms with Crippen LogP contribution < -0.4 is 0 Å². The van der Waals surface area contributed by atoms with Crippen molar-refractivity contribution in [2.45, 2.75) is 24.3 Å². The number of thioether (sulfide) groups is 1. The van der Waals surface area contributed by atoms with Crippen LogP contribution in [0.2, 0.25) is 0 Å². The maximum Gasteiger partial charge on any atom is 0.336 e. The molecule has 1 aliphatic rings. The third-order valence-electron chi connectivity index (χ3n) is 4.86. The molecule has 176 valence electrons. The van der Waals surface area contributed by atoms with Gasteiger partial charge in [0.15, 0.2) is 6.61 Å². The Labute approximate surface area is 192 Å². The number of morpholine rings is 1. The highest BCUT2D eigenvalue weighted by Gasteiger charge is 2.35. The first-order valence-electron chi connectivity index (χ1n) is 10.2. The number of benzene rings is 1. The van der Waals surface area contributed by atoms with E-state index in [-0.39, 0.29) is 13.2 Å². The molecule has 0 aliphatic carbocycles. The molecule has 0 saturated carbocycles. The Kier molecular flexibility index (Phi) is 10.7. The minimum atomic E-state index is -0.673. The zero-order valence-electron chi connectivity index (χ0n) is 18.7. The lowest BCUT2D eigenvalue weighted by Crippen LogP contribution is -2.54. The first-order chi connectivity index (χ1) is 15.4. The third kappa shape index (κ3) is 7.94. The Morgan fingerprint density at radius 3 is 2.47 bits per heavy atom. The molecule has 0 radical (unpaired) electrons. The van der Waals surface area contributed by atoms with E-state index in [0.29, 0.717) is 18.9 Å². The lowest BCUT2D eigenvalue weighted by atomic mass is 9.90. The zero-order valence-corrected chi connectivity index (χ0v) is 19.5. The topological polar surface area (TPSA) is 95.9 Å². The molecular weight excluding hydrogens is 436 g/mol. The first kappa shape index (κ1) is 25.9. The summed E-state index contributed by atoms with van der Waals surface area (Å²) in [5.41, 5.74) is 1.08. The molecule has 1 aliphatic heterocycles. The molecule has 1 aromatic rings. The third-order valence-corrected chi connectivity index (χ3v) is 5.60. The molecule has 32 heavy (non-hydrogen) atoms. The quantitative estimate of drug-likeness (QED) is 0.0875. The number of hydrogen-bond donors (Lipinski definition) is 0. The average Bonchev–Trinajstić information content (AvgIpc) is 2.82. The lowest BCUT2D eigenvalue weighted by molar-refractivity contribution is -0.294. The molecule has 0 amide bonds. The largest absolute Gasteiger partial charge is 0.460 e. The summed E-state index contributed by atoms with van der Waals surface area (Å²) in [4.78, 5) is 36.0. The van der Waals surface area contributed by atoms with Gasteiger partial charge in [0.2, 0.25) is 0 Å². The fourth-order valence-corrected chi connectivity index (χ4v) is 3.48. The average molecular weight is 467 g/mol. The minimum absolute atomic E-state index is 0.0699. The maximum absolute atomic E-state index is 11.7. The number of esters is 2. The fourth-order valence-electron chi connectivity index (χ4n) is 3.08. The number of ether oxygens (including phenoxy) is 3. The summed E-state index contributed by atoms with van der Waals surface area (Å²) in [5, 5.41) is 4.22. The van der Waals surface area contributed by atoms with Gasteiger partial charge in [0, 0.05) is 29.6 Å². The van der Waals surface area contributed by atoms with Crippen molar-refractivity contribution in [3.05, 3.63) is 42.5 Å². The van der Waals surface area contributed by atoms with Gasteiger partial charge in [-0.3, -0.25) is 4.90 Å². The van der Waals surface area contributed by atoms with Gasteiger partial charge in [0.25, 0.3) is 0 Å². The lowest BCUT2D eigenvalue weighted by Gasteiger charge is -2.41. The number of rotatable bonds is 12. The first-order valence-corrected chi connectivity index (χ1v) is 11.4. The van der Waals surface area contributed by atoms with Gasteiger partial charge in [0.1, 0.15) is 18.9 Å². The molecule has 1 fully saturated rings. The number of oxime groups is 1. The van der Waals surface area contributed by atoms with Gasteiger partial charge >= 0.3 is 11.9 Å². The van der Waals surface area contributed by atoms with Gasteiger partial charge in [-0.25, -0.2) is 14.6 Å². The van der Waals surface area contributed by atoms with E-state index in [1.807, 2.05) is 30.5 Å². The second-order valence-corrected chi connectivity index (χ2v) is 8.14. The summed E-state index contributed by atoms with van der Waals surface area (Å²) in [7, 11) is 0. The van der Waals surface area contributed by atoms with E-state index in [0.717, 1.165) is 29.6 Å². The minimum Gasteiger partial charge on any atom is -0.460 e. The second kappa shape index (κ2) is 13.2. The molecule has 2 rings (SSSR count). The monoisotopic (exact) mass is 466 g/mol. The van der Waals surface area contributed by atoms with E-state index < -0.39 is 24.1 Å². The molecule has 0 N–H and O–H groups in total. The molecule has 9 nitrogen and oxygen atoms in total. The van der Waals surface area contributed by atoms with Gasteiger partial charge in [-0.05, 0) is 37.4 Å². The van der Waals surface area contributed by atoms with Crippen LogP contribution in [-0.4, -0.2) is 80.5 Å². The van der Waals surface area contributed by atoms with E-state index in [1.165, 1.54) is 0 Å². The van der Waals surface area contributed by atoms with Crippen molar-refractivity contribution in [3.8, 4) is 0 Å². The smallest absolute Gasteiger partial charge is 0.336 e. The van der Waals surface area contributed by atoms with Crippen LogP contribution in [0.3, 0.4) is 0 Å². The van der Waals surface area contributed by atoms with Crippen LogP contribution in [-0.2, 0) is 33.7 Å². The fraction of sp³-hybridized carbons (Fsp3) is 0.500. The Hall–Kier alpha value is -2.40. The predicted octanol–water partition coefficient (Wildman–Crippen LogP) is 2.44. The van der Waals surface area contributed by atoms with Crippen molar-refractivity contribution in [2.75, 3.05) is 52.4 Å². The van der Waals surface area contributed by atoms with E-state index in [2.05, 4.69) is 30.5 Å². The Bertz CT molecular complexity index is 790. The predicted molar refractivity (Wildman–Crippen MR) is 120 cm³/mol. The van der Waals surface area contributed by atoms with Gasteiger partial charge < -0.3 is 14.2 Å². The number of carbonyl (C=O) groups excluding carboxylic acids is 2. The second-order valence-electron chi connectivity index (χ2n) is 7.26. The number of nitrogens with zero attached hydrogens (tertiary/aromatic N) is 2. The summed E-state index contributed by atoms with van der Waals surface area (Å²) in [6, 6.07) is 7.99. The summed E-state index contributed by atoms with van der Waals surface area (Å²) < 4.78 is 15.1. The molecule has 0 unspecified atom stereocenters. The van der Waals surface area contributed by atoms with Crippen molar-refractivity contribution < 1.29 is 33.7 Å². The summed E-state index contributed by atoms with van der Waals surface area (Å²) in [5.74, 6) is -1.26. The van der Waals surface area contributed by atoms with Crippen LogP contribution >= 0.6 is 11.8 Å². The highest BCUT2D eigenvalue weighted by atomic mass is 32.2. The molecule has 1 saturated heterocycles. The summed E-state index contributed by atoms with van der Waals surface area (Å²) >= 11 is 1.65. The van der Waals surface area contributed by atoms with Crippen molar-refractivity contribution in [2.24, 2.45) is 5.16 Å². The molecule has 10 heteroatoms. The van der Waals surface area contributed by atoms with Gasteiger partial charge in [-0.2, -0.15) is 4.89 Å². The SMILES string of the molecule is C=CC(=O)OCCOC(=O)COON=C(c1ccc(SC)cc1)C(C)(C)N1CCOCC1. The van der Waals surface area contributed by atoms with Gasteiger partial charge in [-0.1, -0.05) is 18.7 Å². The number of carbonyl (C=O) groups is 2. The molecule has 0 atom stereocenters. The Morgan fingerprint density at radius 2 is 1.84 bits per heavy atom. The number of hydrogen-bond acceptors (Lipinski definition) is 10. The molecule has 0 spiro atoms. The van der Waals surface area contributed by atoms with Crippen molar-refractivity contribution >= 4 is 29.4 Å². The van der Waals surface area contributed by atoms with E-state index in [9.17, 15) is 9.59 Å². The van der Waals surface area contributed by atoms with E-state index in [4.69, 9.17) is 24.1 Å². The Balaban J connectivity index is 1.98. The summed E-state index contributed by atoms with van der Waals surface area (Å²) in [6.45, 7) is 9.58. The Morgan fingerprint density at radius 1 is 1.19 bits per heavy atom. The van der Waals surface area contributed by atoms with Crippen LogP contribution in [0.1, 0.15) is 19.4 Å². The highest BCUT2D eigenvalue weighted by Crippen LogP contribution is 2.25. The van der Waals surface area contributed by atoms with Crippen molar-refractivity contribution in [1.82, 2.24) is 4.90 Å². The molecule has 1 aromatic carbocycles.